The molecule has 27 heavy (non-hydrogen) atoms. The van der Waals surface area contributed by atoms with Gasteiger partial charge in [-0.1, -0.05) is 0 Å². The van der Waals surface area contributed by atoms with Crippen molar-refractivity contribution >= 4 is 5.91 Å². The van der Waals surface area contributed by atoms with Gasteiger partial charge in [-0.25, -0.2) is 4.98 Å². The number of nitrogens with zero attached hydrogens (tertiary/aromatic N) is 6. The maximum absolute atomic E-state index is 12.9. The van der Waals surface area contributed by atoms with Crippen LogP contribution in [-0.2, 0) is 13.6 Å². The highest BCUT2D eigenvalue weighted by molar-refractivity contribution is 5.95. The lowest BCUT2D eigenvalue weighted by atomic mass is 9.96. The number of likely N-dealkylation sites (tertiary alicyclic amines) is 1. The van der Waals surface area contributed by atoms with Crippen LogP contribution in [0.3, 0.4) is 0 Å². The van der Waals surface area contributed by atoms with Gasteiger partial charge in [-0.3, -0.25) is 4.79 Å². The van der Waals surface area contributed by atoms with E-state index in [1.165, 1.54) is 0 Å². The zero-order valence-electron chi connectivity index (χ0n) is 16.0. The molecule has 142 valence electrons. The molecule has 3 aromatic rings. The van der Waals surface area contributed by atoms with Gasteiger partial charge in [0.05, 0.1) is 12.1 Å². The van der Waals surface area contributed by atoms with Crippen molar-refractivity contribution in [2.24, 2.45) is 7.05 Å². The molecule has 1 atom stereocenters. The fourth-order valence-corrected chi connectivity index (χ4v) is 3.82. The number of amides is 1. The van der Waals surface area contributed by atoms with Gasteiger partial charge in [-0.15, -0.1) is 10.2 Å². The third-order valence-corrected chi connectivity index (χ3v) is 5.49. The van der Waals surface area contributed by atoms with Gasteiger partial charge in [-0.05, 0) is 32.8 Å². The fourth-order valence-electron chi connectivity index (χ4n) is 3.82. The predicted molar refractivity (Wildman–Crippen MR) is 100 cm³/mol. The number of hydrogen-bond donors (Lipinski definition) is 1. The summed E-state index contributed by atoms with van der Waals surface area (Å²) in [6.07, 6.45) is 7.55. The van der Waals surface area contributed by atoms with Crippen molar-refractivity contribution in [3.8, 4) is 0 Å². The van der Waals surface area contributed by atoms with Crippen molar-refractivity contribution in [1.29, 1.82) is 0 Å². The number of piperidine rings is 1. The van der Waals surface area contributed by atoms with Crippen molar-refractivity contribution < 1.29 is 4.79 Å². The summed E-state index contributed by atoms with van der Waals surface area (Å²) in [5, 5.41) is 8.86. The lowest BCUT2D eigenvalue weighted by Crippen LogP contribution is -2.39. The van der Waals surface area contributed by atoms with E-state index >= 15 is 0 Å². The minimum Gasteiger partial charge on any atom is -0.365 e. The maximum Gasteiger partial charge on any atom is 0.255 e. The molecule has 0 unspecified atom stereocenters. The summed E-state index contributed by atoms with van der Waals surface area (Å²) >= 11 is 0. The third-order valence-electron chi connectivity index (χ3n) is 5.49. The number of hydrogen-bond acceptors (Lipinski definition) is 4. The summed E-state index contributed by atoms with van der Waals surface area (Å²) in [4.78, 5) is 22.1. The molecule has 1 amide bonds. The normalized spacial score (nSPS) is 17.4. The Kier molecular flexibility index (Phi) is 4.55. The monoisotopic (exact) mass is 367 g/mol. The standard InChI is InChI=1S/C19H25N7O/c1-13-16(6-7-20-13)19(27)26-9-4-5-15(11-26)18-23-22-17(24(18)3)12-25-10-8-21-14(25)2/h6-8,10,15,20H,4-5,9,11-12H2,1-3H3/t15-/m0/s1. The number of aromatic amines is 1. The van der Waals surface area contributed by atoms with Crippen LogP contribution in [0.1, 0.15) is 52.3 Å². The Hall–Kier alpha value is -2.90. The van der Waals surface area contributed by atoms with Crippen LogP contribution in [-0.4, -0.2) is 53.2 Å². The maximum atomic E-state index is 12.9. The van der Waals surface area contributed by atoms with Crippen LogP contribution in [0.25, 0.3) is 0 Å². The van der Waals surface area contributed by atoms with Gasteiger partial charge in [0.15, 0.2) is 5.82 Å². The quantitative estimate of drug-likeness (QED) is 0.765. The molecule has 4 heterocycles. The molecule has 0 aromatic carbocycles. The van der Waals surface area contributed by atoms with Crippen LogP contribution in [0, 0.1) is 13.8 Å². The van der Waals surface area contributed by atoms with E-state index in [1.807, 2.05) is 44.3 Å². The molecule has 0 saturated carbocycles. The first-order valence-electron chi connectivity index (χ1n) is 9.33. The Bertz CT molecular complexity index is 951. The molecule has 8 nitrogen and oxygen atoms in total. The number of carbonyl (C=O) groups is 1. The Labute approximate surface area is 158 Å². The van der Waals surface area contributed by atoms with Crippen molar-refractivity contribution in [2.45, 2.75) is 39.2 Å². The molecule has 0 aliphatic carbocycles. The molecule has 1 N–H and O–H groups in total. The second kappa shape index (κ2) is 7.02. The molecule has 8 heteroatoms. The number of carbonyl (C=O) groups excluding carboxylic acids is 1. The molecular weight excluding hydrogens is 342 g/mol. The number of aromatic nitrogens is 6. The Morgan fingerprint density at radius 1 is 1.33 bits per heavy atom. The summed E-state index contributed by atoms with van der Waals surface area (Å²) in [7, 11) is 2.01. The van der Waals surface area contributed by atoms with E-state index in [0.717, 1.165) is 48.1 Å². The van der Waals surface area contributed by atoms with E-state index in [0.29, 0.717) is 13.1 Å². The average Bonchev–Trinajstić information content (AvgIpc) is 3.37. The smallest absolute Gasteiger partial charge is 0.255 e. The molecule has 4 rings (SSSR count). The highest BCUT2D eigenvalue weighted by Crippen LogP contribution is 2.27. The highest BCUT2D eigenvalue weighted by Gasteiger charge is 2.29. The minimum atomic E-state index is 0.0925. The molecule has 1 aliphatic rings. The first kappa shape index (κ1) is 17.5. The molecule has 0 spiro atoms. The molecule has 1 fully saturated rings. The Balaban J connectivity index is 1.51. The molecule has 0 bridgehead atoms. The van der Waals surface area contributed by atoms with Gasteiger partial charge in [0.2, 0.25) is 0 Å². The SMILES string of the molecule is Cc1[nH]ccc1C(=O)N1CCC[C@H](c2nnc(Cn3ccnc3C)n2C)C1. The van der Waals surface area contributed by atoms with E-state index in [9.17, 15) is 4.79 Å². The Morgan fingerprint density at radius 3 is 2.89 bits per heavy atom. The van der Waals surface area contributed by atoms with E-state index in [-0.39, 0.29) is 11.8 Å². The van der Waals surface area contributed by atoms with Crippen LogP contribution in [0.2, 0.25) is 0 Å². The van der Waals surface area contributed by atoms with Gasteiger partial charge in [0, 0.05) is 50.3 Å². The second-order valence-corrected chi connectivity index (χ2v) is 7.24. The topological polar surface area (TPSA) is 84.6 Å². The van der Waals surface area contributed by atoms with Gasteiger partial charge in [-0.2, -0.15) is 0 Å². The van der Waals surface area contributed by atoms with Crippen LogP contribution < -0.4 is 0 Å². The van der Waals surface area contributed by atoms with E-state index in [2.05, 4.69) is 29.3 Å². The molecule has 0 radical (unpaired) electrons. The summed E-state index contributed by atoms with van der Waals surface area (Å²) in [5.41, 5.74) is 1.67. The van der Waals surface area contributed by atoms with Gasteiger partial charge < -0.3 is 19.0 Å². The predicted octanol–water partition coefficient (Wildman–Crippen LogP) is 2.02. The van der Waals surface area contributed by atoms with Crippen LogP contribution >= 0.6 is 0 Å². The van der Waals surface area contributed by atoms with Crippen molar-refractivity contribution in [3.63, 3.8) is 0 Å². The lowest BCUT2D eigenvalue weighted by molar-refractivity contribution is 0.0703. The zero-order chi connectivity index (χ0) is 19.0. The van der Waals surface area contributed by atoms with Crippen molar-refractivity contribution in [3.05, 3.63) is 53.4 Å². The fraction of sp³-hybridized carbons (Fsp3) is 0.474. The highest BCUT2D eigenvalue weighted by atomic mass is 16.2. The summed E-state index contributed by atoms with van der Waals surface area (Å²) in [6, 6.07) is 1.86. The number of imidazole rings is 1. The zero-order valence-corrected chi connectivity index (χ0v) is 16.0. The summed E-state index contributed by atoms with van der Waals surface area (Å²) in [5.74, 6) is 3.10. The van der Waals surface area contributed by atoms with E-state index in [4.69, 9.17) is 0 Å². The lowest BCUT2D eigenvalue weighted by Gasteiger charge is -2.32. The number of rotatable bonds is 4. The average molecular weight is 367 g/mol. The largest absolute Gasteiger partial charge is 0.365 e. The summed E-state index contributed by atoms with van der Waals surface area (Å²) in [6.45, 7) is 6.03. The molecule has 1 saturated heterocycles. The van der Waals surface area contributed by atoms with Crippen LogP contribution in [0.15, 0.2) is 24.7 Å². The van der Waals surface area contributed by atoms with Gasteiger partial charge >= 0.3 is 0 Å². The van der Waals surface area contributed by atoms with Crippen LogP contribution in [0.5, 0.6) is 0 Å². The van der Waals surface area contributed by atoms with Crippen LogP contribution in [0.4, 0.5) is 0 Å². The molecule has 1 aliphatic heterocycles. The Morgan fingerprint density at radius 2 is 2.19 bits per heavy atom. The van der Waals surface area contributed by atoms with E-state index in [1.54, 1.807) is 6.20 Å². The van der Waals surface area contributed by atoms with Crippen molar-refractivity contribution in [2.75, 3.05) is 13.1 Å². The van der Waals surface area contributed by atoms with Gasteiger partial charge in [0.25, 0.3) is 5.91 Å². The number of H-pyrrole nitrogens is 1. The third kappa shape index (κ3) is 3.27. The minimum absolute atomic E-state index is 0.0925. The first-order chi connectivity index (χ1) is 13.0. The van der Waals surface area contributed by atoms with Gasteiger partial charge in [0.1, 0.15) is 11.6 Å². The van der Waals surface area contributed by atoms with E-state index < -0.39 is 0 Å². The number of aryl methyl sites for hydroxylation is 2. The van der Waals surface area contributed by atoms with Crippen molar-refractivity contribution in [1.82, 2.24) is 34.2 Å². The molecule has 3 aromatic heterocycles. The second-order valence-electron chi connectivity index (χ2n) is 7.24. The first-order valence-corrected chi connectivity index (χ1v) is 9.33. The summed E-state index contributed by atoms with van der Waals surface area (Å²) < 4.78 is 4.12. The molecular formula is C19H25N7O. The number of nitrogens with one attached hydrogen (secondary N) is 1.